The van der Waals surface area contributed by atoms with Crippen molar-refractivity contribution in [3.63, 3.8) is 0 Å². The first-order valence-electron chi connectivity index (χ1n) is 7.43. The monoisotopic (exact) mass is 256 g/mol. The summed E-state index contributed by atoms with van der Waals surface area (Å²) in [7, 11) is 0. The molecular weight excluding hydrogens is 224 g/mol. The highest BCUT2D eigenvalue weighted by Crippen LogP contribution is 2.41. The molecule has 0 aromatic heterocycles. The Labute approximate surface area is 113 Å². The summed E-state index contributed by atoms with van der Waals surface area (Å²) in [5.74, 6) is 0. The maximum Gasteiger partial charge on any atom is 0.0789 e. The van der Waals surface area contributed by atoms with Gasteiger partial charge in [-0.25, -0.2) is 0 Å². The molecule has 1 aliphatic heterocycles. The van der Waals surface area contributed by atoms with E-state index < -0.39 is 0 Å². The average Bonchev–Trinajstić information content (AvgIpc) is 2.47. The van der Waals surface area contributed by atoms with Gasteiger partial charge in [-0.1, -0.05) is 13.8 Å². The fourth-order valence-corrected chi connectivity index (χ4v) is 3.55. The van der Waals surface area contributed by atoms with Gasteiger partial charge in [0.15, 0.2) is 0 Å². The van der Waals surface area contributed by atoms with Gasteiger partial charge in [0.1, 0.15) is 0 Å². The SMILES string of the molecule is CCC(CC)N(CCN)C1CC(C)(C)OC1(C)C. The normalized spacial score (nSPS) is 26.2. The molecule has 0 amide bonds. The quantitative estimate of drug-likeness (QED) is 0.794. The van der Waals surface area contributed by atoms with E-state index in [1.165, 1.54) is 12.8 Å². The third-order valence-electron chi connectivity index (χ3n) is 4.23. The zero-order chi connectivity index (χ0) is 14.0. The van der Waals surface area contributed by atoms with Crippen molar-refractivity contribution in [2.75, 3.05) is 13.1 Å². The maximum atomic E-state index is 6.23. The van der Waals surface area contributed by atoms with Crippen LogP contribution in [0.4, 0.5) is 0 Å². The van der Waals surface area contributed by atoms with Gasteiger partial charge in [-0.2, -0.15) is 0 Å². The van der Waals surface area contributed by atoms with Crippen molar-refractivity contribution < 1.29 is 4.74 Å². The number of nitrogens with zero attached hydrogens (tertiary/aromatic N) is 1. The molecule has 1 atom stereocenters. The van der Waals surface area contributed by atoms with Crippen molar-refractivity contribution in [2.45, 2.75) is 84.1 Å². The fraction of sp³-hybridized carbons (Fsp3) is 1.00. The highest BCUT2D eigenvalue weighted by molar-refractivity contribution is 5.01. The zero-order valence-corrected chi connectivity index (χ0v) is 13.1. The smallest absolute Gasteiger partial charge is 0.0789 e. The molecule has 0 aromatic rings. The van der Waals surface area contributed by atoms with Crippen LogP contribution < -0.4 is 5.73 Å². The molecule has 1 rings (SSSR count). The first kappa shape index (κ1) is 15.9. The molecule has 1 saturated heterocycles. The van der Waals surface area contributed by atoms with Gasteiger partial charge < -0.3 is 10.5 Å². The minimum Gasteiger partial charge on any atom is -0.368 e. The molecule has 108 valence electrons. The van der Waals surface area contributed by atoms with Crippen LogP contribution in [0.5, 0.6) is 0 Å². The van der Waals surface area contributed by atoms with Gasteiger partial charge in [0, 0.05) is 25.2 Å². The third kappa shape index (κ3) is 3.46. The second kappa shape index (κ2) is 5.89. The lowest BCUT2D eigenvalue weighted by atomic mass is 9.91. The van der Waals surface area contributed by atoms with Crippen LogP contribution in [0, 0.1) is 0 Å². The molecule has 3 heteroatoms. The molecule has 0 spiro atoms. The molecule has 1 fully saturated rings. The van der Waals surface area contributed by atoms with E-state index in [-0.39, 0.29) is 11.2 Å². The summed E-state index contributed by atoms with van der Waals surface area (Å²) in [6, 6.07) is 1.09. The Morgan fingerprint density at radius 3 is 2.11 bits per heavy atom. The molecule has 2 N–H and O–H groups in total. The van der Waals surface area contributed by atoms with Gasteiger partial charge in [-0.05, 0) is 47.0 Å². The summed E-state index contributed by atoms with van der Waals surface area (Å²) in [5, 5.41) is 0. The van der Waals surface area contributed by atoms with Crippen LogP contribution in [0.2, 0.25) is 0 Å². The van der Waals surface area contributed by atoms with Crippen molar-refractivity contribution in [3.05, 3.63) is 0 Å². The maximum absolute atomic E-state index is 6.23. The molecule has 1 unspecified atom stereocenters. The Balaban J connectivity index is 2.91. The standard InChI is InChI=1S/C15H32N2O/c1-7-12(8-2)17(10-9-16)13-11-14(3,4)18-15(13,5)6/h12-13H,7-11,16H2,1-6H3. The average molecular weight is 256 g/mol. The number of ether oxygens (including phenoxy) is 1. The first-order valence-corrected chi connectivity index (χ1v) is 7.43. The molecule has 0 saturated carbocycles. The number of nitrogens with two attached hydrogens (primary N) is 1. The Kier molecular flexibility index (Phi) is 5.22. The second-order valence-corrected chi connectivity index (χ2v) is 6.68. The van der Waals surface area contributed by atoms with Crippen LogP contribution in [-0.2, 0) is 4.74 Å². The van der Waals surface area contributed by atoms with Crippen molar-refractivity contribution in [3.8, 4) is 0 Å². The lowest BCUT2D eigenvalue weighted by Crippen LogP contribution is -2.52. The first-order chi connectivity index (χ1) is 8.27. The van der Waals surface area contributed by atoms with Crippen molar-refractivity contribution in [2.24, 2.45) is 5.73 Å². The highest BCUT2D eigenvalue weighted by Gasteiger charge is 2.49. The predicted octanol–water partition coefficient (Wildman–Crippen LogP) is 2.78. The van der Waals surface area contributed by atoms with Crippen molar-refractivity contribution in [1.29, 1.82) is 0 Å². The van der Waals surface area contributed by atoms with Crippen LogP contribution in [0.15, 0.2) is 0 Å². The summed E-state index contributed by atoms with van der Waals surface area (Å²) < 4.78 is 6.23. The molecule has 3 nitrogen and oxygen atoms in total. The Morgan fingerprint density at radius 1 is 1.22 bits per heavy atom. The van der Waals surface area contributed by atoms with Gasteiger partial charge in [0.05, 0.1) is 11.2 Å². The topological polar surface area (TPSA) is 38.5 Å². The van der Waals surface area contributed by atoms with Gasteiger partial charge in [0.25, 0.3) is 0 Å². The summed E-state index contributed by atoms with van der Waals surface area (Å²) in [4.78, 5) is 2.59. The lowest BCUT2D eigenvalue weighted by Gasteiger charge is -2.40. The van der Waals surface area contributed by atoms with E-state index >= 15 is 0 Å². The van der Waals surface area contributed by atoms with Gasteiger partial charge >= 0.3 is 0 Å². The van der Waals surface area contributed by atoms with Crippen LogP contribution in [0.25, 0.3) is 0 Å². The Morgan fingerprint density at radius 2 is 1.78 bits per heavy atom. The van der Waals surface area contributed by atoms with E-state index in [0.717, 1.165) is 19.5 Å². The summed E-state index contributed by atoms with van der Waals surface area (Å²) in [5.41, 5.74) is 5.72. The molecule has 0 radical (unpaired) electrons. The van der Waals surface area contributed by atoms with E-state index in [1.807, 2.05) is 0 Å². The second-order valence-electron chi connectivity index (χ2n) is 6.68. The molecular formula is C15H32N2O. The van der Waals surface area contributed by atoms with E-state index in [0.29, 0.717) is 12.1 Å². The lowest BCUT2D eigenvalue weighted by molar-refractivity contribution is -0.0842. The molecule has 0 aromatic carbocycles. The van der Waals surface area contributed by atoms with Gasteiger partial charge in [-0.3, -0.25) is 4.90 Å². The number of hydrogen-bond donors (Lipinski definition) is 1. The largest absolute Gasteiger partial charge is 0.368 e. The van der Waals surface area contributed by atoms with Crippen LogP contribution in [0.1, 0.15) is 60.8 Å². The number of hydrogen-bond acceptors (Lipinski definition) is 3. The molecule has 0 bridgehead atoms. The molecule has 1 heterocycles. The minimum atomic E-state index is -0.0821. The molecule has 0 aliphatic carbocycles. The number of rotatable bonds is 6. The fourth-order valence-electron chi connectivity index (χ4n) is 3.55. The Hall–Kier alpha value is -0.120. The van der Waals surface area contributed by atoms with E-state index in [9.17, 15) is 0 Å². The van der Waals surface area contributed by atoms with E-state index in [4.69, 9.17) is 10.5 Å². The van der Waals surface area contributed by atoms with Crippen LogP contribution in [0.3, 0.4) is 0 Å². The van der Waals surface area contributed by atoms with Crippen LogP contribution in [-0.4, -0.2) is 41.3 Å². The highest BCUT2D eigenvalue weighted by atomic mass is 16.5. The third-order valence-corrected chi connectivity index (χ3v) is 4.23. The summed E-state index contributed by atoms with van der Waals surface area (Å²) in [6.07, 6.45) is 3.46. The summed E-state index contributed by atoms with van der Waals surface area (Å²) in [6.45, 7) is 15.1. The Bertz CT molecular complexity index is 259. The van der Waals surface area contributed by atoms with Gasteiger partial charge in [0.2, 0.25) is 0 Å². The summed E-state index contributed by atoms with van der Waals surface area (Å²) >= 11 is 0. The van der Waals surface area contributed by atoms with Gasteiger partial charge in [-0.15, -0.1) is 0 Å². The van der Waals surface area contributed by atoms with Crippen LogP contribution >= 0.6 is 0 Å². The molecule has 18 heavy (non-hydrogen) atoms. The molecule has 1 aliphatic rings. The zero-order valence-electron chi connectivity index (χ0n) is 13.1. The van der Waals surface area contributed by atoms with Crippen molar-refractivity contribution in [1.82, 2.24) is 4.90 Å². The predicted molar refractivity (Wildman–Crippen MR) is 77.8 cm³/mol. The van der Waals surface area contributed by atoms with Crippen molar-refractivity contribution >= 4 is 0 Å². The van der Waals surface area contributed by atoms with E-state index in [1.54, 1.807) is 0 Å². The minimum absolute atomic E-state index is 0.0208. The van der Waals surface area contributed by atoms with E-state index in [2.05, 4.69) is 46.4 Å².